The normalized spacial score (nSPS) is 10.5. The van der Waals surface area contributed by atoms with Crippen molar-refractivity contribution in [2.24, 2.45) is 0 Å². The topological polar surface area (TPSA) is 73.1 Å². The molecular formula is C11H7ClN2O3. The predicted molar refractivity (Wildman–Crippen MR) is 63.4 cm³/mol. The predicted octanol–water partition coefficient (Wildman–Crippen LogP) is 3.00. The molecule has 0 aliphatic rings. The Hall–Kier alpha value is -2.01. The number of para-hydroxylation sites is 1. The summed E-state index contributed by atoms with van der Waals surface area (Å²) in [7, 11) is 0. The van der Waals surface area contributed by atoms with E-state index in [0.29, 0.717) is 5.39 Å². The SMILES string of the molecule is CC(=O)c1cnc2c([N+](=O)[O-])cccc2c1Cl. The maximum Gasteiger partial charge on any atom is 0.295 e. The Labute approximate surface area is 101 Å². The van der Waals surface area contributed by atoms with Crippen LogP contribution in [0, 0.1) is 10.1 Å². The van der Waals surface area contributed by atoms with E-state index in [1.54, 1.807) is 6.07 Å². The van der Waals surface area contributed by atoms with Gasteiger partial charge in [-0.15, -0.1) is 0 Å². The molecule has 5 nitrogen and oxygen atoms in total. The summed E-state index contributed by atoms with van der Waals surface area (Å²) in [6, 6.07) is 4.46. The number of ketones is 1. The van der Waals surface area contributed by atoms with Crippen molar-refractivity contribution in [3.63, 3.8) is 0 Å². The van der Waals surface area contributed by atoms with Gasteiger partial charge in [-0.05, 0) is 6.92 Å². The van der Waals surface area contributed by atoms with Crippen molar-refractivity contribution in [3.8, 4) is 0 Å². The molecule has 2 aromatic rings. The van der Waals surface area contributed by atoms with Gasteiger partial charge in [0.2, 0.25) is 0 Å². The van der Waals surface area contributed by atoms with Gasteiger partial charge in [-0.25, -0.2) is 4.98 Å². The third kappa shape index (κ3) is 1.85. The van der Waals surface area contributed by atoms with E-state index in [1.165, 1.54) is 25.3 Å². The third-order valence-corrected chi connectivity index (χ3v) is 2.79. The third-order valence-electron chi connectivity index (χ3n) is 2.39. The van der Waals surface area contributed by atoms with Crippen LogP contribution >= 0.6 is 11.6 Å². The number of aromatic nitrogens is 1. The fourth-order valence-electron chi connectivity index (χ4n) is 1.57. The van der Waals surface area contributed by atoms with Crippen molar-refractivity contribution in [1.29, 1.82) is 0 Å². The molecule has 1 aromatic heterocycles. The lowest BCUT2D eigenvalue weighted by molar-refractivity contribution is -0.383. The molecule has 1 aromatic carbocycles. The van der Waals surface area contributed by atoms with Gasteiger partial charge in [0.25, 0.3) is 5.69 Å². The fourth-order valence-corrected chi connectivity index (χ4v) is 1.90. The van der Waals surface area contributed by atoms with Gasteiger partial charge < -0.3 is 0 Å². The average Bonchev–Trinajstić information content (AvgIpc) is 2.28. The molecule has 6 heteroatoms. The van der Waals surface area contributed by atoms with Gasteiger partial charge in [-0.2, -0.15) is 0 Å². The lowest BCUT2D eigenvalue weighted by Crippen LogP contribution is -1.98. The number of pyridine rings is 1. The van der Waals surface area contributed by atoms with E-state index in [2.05, 4.69) is 4.98 Å². The molecule has 1 heterocycles. The molecule has 0 saturated carbocycles. The number of non-ortho nitro benzene ring substituents is 1. The Morgan fingerprint density at radius 3 is 2.76 bits per heavy atom. The summed E-state index contributed by atoms with van der Waals surface area (Å²) in [5, 5.41) is 11.4. The van der Waals surface area contributed by atoms with Gasteiger partial charge >= 0.3 is 0 Å². The van der Waals surface area contributed by atoms with Crippen LogP contribution in [0.4, 0.5) is 5.69 Å². The molecule has 0 saturated heterocycles. The van der Waals surface area contributed by atoms with Crippen molar-refractivity contribution in [2.45, 2.75) is 6.92 Å². The molecule has 0 unspecified atom stereocenters. The molecule has 0 radical (unpaired) electrons. The number of hydrogen-bond donors (Lipinski definition) is 0. The van der Waals surface area contributed by atoms with E-state index in [9.17, 15) is 14.9 Å². The van der Waals surface area contributed by atoms with Crippen LogP contribution in [0.15, 0.2) is 24.4 Å². The number of nitro groups is 1. The molecule has 0 bridgehead atoms. The van der Waals surface area contributed by atoms with Crippen LogP contribution in [0.2, 0.25) is 5.02 Å². The Morgan fingerprint density at radius 1 is 1.47 bits per heavy atom. The zero-order chi connectivity index (χ0) is 12.6. The van der Waals surface area contributed by atoms with E-state index in [1.807, 2.05) is 0 Å². The number of hydrogen-bond acceptors (Lipinski definition) is 4. The zero-order valence-corrected chi connectivity index (χ0v) is 9.56. The summed E-state index contributed by atoms with van der Waals surface area (Å²) in [5.41, 5.74) is 0.326. The van der Waals surface area contributed by atoms with E-state index in [-0.39, 0.29) is 27.6 Å². The summed E-state index contributed by atoms with van der Waals surface area (Å²) >= 11 is 6.03. The quantitative estimate of drug-likeness (QED) is 0.467. The van der Waals surface area contributed by atoms with Gasteiger partial charge in [-0.3, -0.25) is 14.9 Å². The number of nitrogens with zero attached hydrogens (tertiary/aromatic N) is 2. The first-order valence-electron chi connectivity index (χ1n) is 4.75. The highest BCUT2D eigenvalue weighted by atomic mass is 35.5. The summed E-state index contributed by atoms with van der Waals surface area (Å²) < 4.78 is 0. The molecule has 0 aliphatic heterocycles. The summed E-state index contributed by atoms with van der Waals surface area (Å²) in [6.07, 6.45) is 1.26. The zero-order valence-electron chi connectivity index (χ0n) is 8.81. The highest BCUT2D eigenvalue weighted by Crippen LogP contribution is 2.30. The number of nitro benzene ring substituents is 1. The second-order valence-corrected chi connectivity index (χ2v) is 3.85. The van der Waals surface area contributed by atoms with E-state index >= 15 is 0 Å². The van der Waals surface area contributed by atoms with Crippen molar-refractivity contribution in [2.75, 3.05) is 0 Å². The molecule has 2 rings (SSSR count). The first kappa shape index (κ1) is 11.5. The monoisotopic (exact) mass is 250 g/mol. The minimum Gasteiger partial charge on any atom is -0.294 e. The van der Waals surface area contributed by atoms with Crippen molar-refractivity contribution in [1.82, 2.24) is 4.98 Å². The molecular weight excluding hydrogens is 244 g/mol. The number of benzene rings is 1. The Kier molecular flexibility index (Phi) is 2.77. The number of fused-ring (bicyclic) bond motifs is 1. The number of Topliss-reactive ketones (excluding diaryl/α,β-unsaturated/α-hetero) is 1. The minimum atomic E-state index is -0.529. The Balaban J connectivity index is 2.85. The van der Waals surface area contributed by atoms with E-state index in [4.69, 9.17) is 11.6 Å². The Bertz CT molecular complexity index is 640. The van der Waals surface area contributed by atoms with Crippen molar-refractivity contribution >= 4 is 34.0 Å². The minimum absolute atomic E-state index is 0.125. The first-order valence-corrected chi connectivity index (χ1v) is 5.12. The molecule has 0 aliphatic carbocycles. The standard InChI is InChI=1S/C11H7ClN2O3/c1-6(15)8-5-13-11-7(10(8)12)3-2-4-9(11)14(16)17/h2-5H,1H3. The Morgan fingerprint density at radius 2 is 2.18 bits per heavy atom. The summed E-state index contributed by atoms with van der Waals surface area (Å²) in [6.45, 7) is 1.37. The van der Waals surface area contributed by atoms with E-state index < -0.39 is 4.92 Å². The number of carbonyl (C=O) groups excluding carboxylic acids is 1. The van der Waals surface area contributed by atoms with Crippen LogP contribution in [0.25, 0.3) is 10.9 Å². The maximum atomic E-state index is 11.3. The number of rotatable bonds is 2. The summed E-state index contributed by atoms with van der Waals surface area (Å²) in [4.78, 5) is 25.5. The fraction of sp³-hybridized carbons (Fsp3) is 0.0909. The molecule has 0 atom stereocenters. The lowest BCUT2D eigenvalue weighted by Gasteiger charge is -2.04. The van der Waals surface area contributed by atoms with Gasteiger partial charge in [0.15, 0.2) is 5.78 Å². The molecule has 0 N–H and O–H groups in total. The second kappa shape index (κ2) is 4.10. The van der Waals surface area contributed by atoms with Crippen LogP contribution in [0.3, 0.4) is 0 Å². The van der Waals surface area contributed by atoms with Gasteiger partial charge in [-0.1, -0.05) is 23.7 Å². The lowest BCUT2D eigenvalue weighted by atomic mass is 10.1. The van der Waals surface area contributed by atoms with Crippen LogP contribution in [0.5, 0.6) is 0 Å². The van der Waals surface area contributed by atoms with Crippen LogP contribution in [-0.4, -0.2) is 15.7 Å². The molecule has 86 valence electrons. The van der Waals surface area contributed by atoms with Gasteiger partial charge in [0, 0.05) is 17.6 Å². The maximum absolute atomic E-state index is 11.3. The van der Waals surface area contributed by atoms with Crippen molar-refractivity contribution < 1.29 is 9.72 Å². The first-order chi connectivity index (χ1) is 8.02. The average molecular weight is 251 g/mol. The van der Waals surface area contributed by atoms with Gasteiger partial charge in [0.1, 0.15) is 5.52 Å². The largest absolute Gasteiger partial charge is 0.295 e. The molecule has 0 amide bonds. The highest BCUT2D eigenvalue weighted by molar-refractivity contribution is 6.38. The van der Waals surface area contributed by atoms with E-state index in [0.717, 1.165) is 0 Å². The number of halogens is 1. The van der Waals surface area contributed by atoms with Crippen molar-refractivity contribution in [3.05, 3.63) is 45.1 Å². The van der Waals surface area contributed by atoms with Gasteiger partial charge in [0.05, 0.1) is 15.5 Å². The smallest absolute Gasteiger partial charge is 0.294 e. The highest BCUT2D eigenvalue weighted by Gasteiger charge is 2.17. The molecule has 0 fully saturated rings. The second-order valence-electron chi connectivity index (χ2n) is 3.47. The van der Waals surface area contributed by atoms with Crippen LogP contribution < -0.4 is 0 Å². The number of carbonyl (C=O) groups is 1. The van der Waals surface area contributed by atoms with Crippen LogP contribution in [-0.2, 0) is 0 Å². The summed E-state index contributed by atoms with van der Waals surface area (Å²) in [5.74, 6) is -0.226. The molecule has 17 heavy (non-hydrogen) atoms. The van der Waals surface area contributed by atoms with Crippen LogP contribution in [0.1, 0.15) is 17.3 Å². The molecule has 0 spiro atoms.